The molecular weight excluding hydrogens is 419 g/mol. The van der Waals surface area contributed by atoms with E-state index < -0.39 is 11.7 Å². The zero-order valence-electron chi connectivity index (χ0n) is 18.5. The van der Waals surface area contributed by atoms with Gasteiger partial charge in [0, 0.05) is 32.4 Å². The van der Waals surface area contributed by atoms with Gasteiger partial charge in [-0.05, 0) is 55.7 Å². The number of guanidine groups is 1. The van der Waals surface area contributed by atoms with Gasteiger partial charge in [-0.25, -0.2) is 9.98 Å². The van der Waals surface area contributed by atoms with E-state index in [0.717, 1.165) is 42.2 Å². The standard InChI is InChI=1S/C23H30F3N5O/c1-3-27-22(29-11-8-18-4-6-20(7-5-18)23(24,25)26)30-15-19-9-10-28-21(14-19)31-12-13-32-17(2)16-31/h4-7,9-10,14,17H,3,8,11-13,15-16H2,1-2H3,(H2,27,29,30). The van der Waals surface area contributed by atoms with Gasteiger partial charge in [-0.3, -0.25) is 0 Å². The van der Waals surface area contributed by atoms with Crippen molar-refractivity contribution in [3.8, 4) is 0 Å². The van der Waals surface area contributed by atoms with Crippen LogP contribution in [-0.2, 0) is 23.9 Å². The van der Waals surface area contributed by atoms with Crippen molar-refractivity contribution in [2.24, 2.45) is 4.99 Å². The number of benzene rings is 1. The summed E-state index contributed by atoms with van der Waals surface area (Å²) in [6.45, 7) is 8.12. The fraction of sp³-hybridized carbons (Fsp3) is 0.478. The van der Waals surface area contributed by atoms with E-state index in [9.17, 15) is 13.2 Å². The van der Waals surface area contributed by atoms with Gasteiger partial charge in [0.2, 0.25) is 0 Å². The van der Waals surface area contributed by atoms with Crippen molar-refractivity contribution < 1.29 is 17.9 Å². The molecule has 0 bridgehead atoms. The smallest absolute Gasteiger partial charge is 0.375 e. The molecule has 0 aliphatic carbocycles. The Kier molecular flexibility index (Phi) is 8.33. The van der Waals surface area contributed by atoms with Gasteiger partial charge in [0.1, 0.15) is 5.82 Å². The minimum Gasteiger partial charge on any atom is -0.375 e. The van der Waals surface area contributed by atoms with E-state index in [4.69, 9.17) is 4.74 Å². The first kappa shape index (κ1) is 23.8. The molecule has 1 saturated heterocycles. The SMILES string of the molecule is CCNC(=NCc1ccnc(N2CCOC(C)C2)c1)NCCc1ccc(C(F)(F)F)cc1. The number of anilines is 1. The van der Waals surface area contributed by atoms with Crippen LogP contribution in [0.4, 0.5) is 19.0 Å². The van der Waals surface area contributed by atoms with Crippen LogP contribution >= 0.6 is 0 Å². The van der Waals surface area contributed by atoms with E-state index in [1.165, 1.54) is 12.1 Å². The molecule has 0 spiro atoms. The van der Waals surface area contributed by atoms with Gasteiger partial charge in [-0.2, -0.15) is 13.2 Å². The lowest BCUT2D eigenvalue weighted by Crippen LogP contribution is -2.41. The molecule has 1 atom stereocenters. The summed E-state index contributed by atoms with van der Waals surface area (Å²) in [5, 5.41) is 6.44. The molecule has 2 heterocycles. The molecule has 32 heavy (non-hydrogen) atoms. The predicted molar refractivity (Wildman–Crippen MR) is 120 cm³/mol. The number of nitrogens with zero attached hydrogens (tertiary/aromatic N) is 3. The summed E-state index contributed by atoms with van der Waals surface area (Å²) in [6.07, 6.45) is -1.74. The molecular formula is C23H30F3N5O. The largest absolute Gasteiger partial charge is 0.416 e. The maximum atomic E-state index is 12.7. The number of nitrogens with one attached hydrogen (secondary N) is 2. The molecule has 1 fully saturated rings. The van der Waals surface area contributed by atoms with Gasteiger partial charge in [0.15, 0.2) is 5.96 Å². The van der Waals surface area contributed by atoms with Gasteiger partial charge in [0.05, 0.1) is 24.8 Å². The van der Waals surface area contributed by atoms with Crippen LogP contribution < -0.4 is 15.5 Å². The second kappa shape index (κ2) is 11.2. The first-order chi connectivity index (χ1) is 15.3. The highest BCUT2D eigenvalue weighted by Crippen LogP contribution is 2.29. The summed E-state index contributed by atoms with van der Waals surface area (Å²) in [6, 6.07) is 9.25. The summed E-state index contributed by atoms with van der Waals surface area (Å²) >= 11 is 0. The lowest BCUT2D eigenvalue weighted by atomic mass is 10.1. The molecule has 0 saturated carbocycles. The molecule has 0 radical (unpaired) electrons. The Morgan fingerprint density at radius 2 is 1.97 bits per heavy atom. The fourth-order valence-corrected chi connectivity index (χ4v) is 3.46. The molecule has 2 N–H and O–H groups in total. The van der Waals surface area contributed by atoms with Crippen molar-refractivity contribution in [3.05, 3.63) is 59.3 Å². The Balaban J connectivity index is 1.55. The summed E-state index contributed by atoms with van der Waals surface area (Å²) in [5.74, 6) is 1.59. The van der Waals surface area contributed by atoms with Crippen molar-refractivity contribution in [2.75, 3.05) is 37.7 Å². The number of halogens is 3. The molecule has 174 valence electrons. The highest BCUT2D eigenvalue weighted by atomic mass is 19.4. The van der Waals surface area contributed by atoms with Gasteiger partial charge >= 0.3 is 6.18 Å². The fourth-order valence-electron chi connectivity index (χ4n) is 3.46. The van der Waals surface area contributed by atoms with E-state index in [1.54, 1.807) is 6.20 Å². The van der Waals surface area contributed by atoms with Crippen LogP contribution in [0.15, 0.2) is 47.6 Å². The van der Waals surface area contributed by atoms with E-state index in [1.807, 2.05) is 19.1 Å². The number of aliphatic imine (C=N–C) groups is 1. The molecule has 1 unspecified atom stereocenters. The van der Waals surface area contributed by atoms with Crippen LogP contribution in [0.5, 0.6) is 0 Å². The van der Waals surface area contributed by atoms with Gasteiger partial charge in [0.25, 0.3) is 0 Å². The van der Waals surface area contributed by atoms with Crippen LogP contribution in [0.2, 0.25) is 0 Å². The Morgan fingerprint density at radius 3 is 2.66 bits per heavy atom. The van der Waals surface area contributed by atoms with E-state index in [-0.39, 0.29) is 6.10 Å². The summed E-state index contributed by atoms with van der Waals surface area (Å²) in [4.78, 5) is 11.3. The number of pyridine rings is 1. The van der Waals surface area contributed by atoms with E-state index in [0.29, 0.717) is 38.6 Å². The molecule has 1 aliphatic rings. The monoisotopic (exact) mass is 449 g/mol. The van der Waals surface area contributed by atoms with Crippen LogP contribution in [0.3, 0.4) is 0 Å². The second-order valence-corrected chi connectivity index (χ2v) is 7.72. The molecule has 3 rings (SSSR count). The summed E-state index contributed by atoms with van der Waals surface area (Å²) in [5.41, 5.74) is 1.25. The Bertz CT molecular complexity index is 886. The number of rotatable bonds is 7. The quantitative estimate of drug-likeness (QED) is 0.500. The molecule has 1 aromatic heterocycles. The number of morpholine rings is 1. The Hall–Kier alpha value is -2.81. The van der Waals surface area contributed by atoms with Crippen molar-refractivity contribution in [1.82, 2.24) is 15.6 Å². The van der Waals surface area contributed by atoms with E-state index >= 15 is 0 Å². The van der Waals surface area contributed by atoms with Crippen molar-refractivity contribution in [1.29, 1.82) is 0 Å². The first-order valence-corrected chi connectivity index (χ1v) is 10.8. The highest BCUT2D eigenvalue weighted by Gasteiger charge is 2.29. The zero-order valence-corrected chi connectivity index (χ0v) is 18.5. The predicted octanol–water partition coefficient (Wildman–Crippen LogP) is 3.62. The van der Waals surface area contributed by atoms with Crippen molar-refractivity contribution in [3.63, 3.8) is 0 Å². The third-order valence-corrected chi connectivity index (χ3v) is 5.13. The van der Waals surface area contributed by atoms with Crippen LogP contribution in [0, 0.1) is 0 Å². The lowest BCUT2D eigenvalue weighted by molar-refractivity contribution is -0.137. The van der Waals surface area contributed by atoms with Gasteiger partial charge in [-0.15, -0.1) is 0 Å². The number of hydrogen-bond donors (Lipinski definition) is 2. The molecule has 0 amide bonds. The third-order valence-electron chi connectivity index (χ3n) is 5.13. The average Bonchev–Trinajstić information content (AvgIpc) is 2.77. The Morgan fingerprint density at radius 1 is 1.19 bits per heavy atom. The maximum Gasteiger partial charge on any atom is 0.416 e. The lowest BCUT2D eigenvalue weighted by Gasteiger charge is -2.32. The zero-order chi connectivity index (χ0) is 23.0. The first-order valence-electron chi connectivity index (χ1n) is 10.8. The molecule has 2 aromatic rings. The maximum absolute atomic E-state index is 12.7. The second-order valence-electron chi connectivity index (χ2n) is 7.72. The van der Waals surface area contributed by atoms with Crippen molar-refractivity contribution >= 4 is 11.8 Å². The van der Waals surface area contributed by atoms with Crippen LogP contribution in [0.1, 0.15) is 30.5 Å². The number of ether oxygens (including phenoxy) is 1. The van der Waals surface area contributed by atoms with Crippen LogP contribution in [-0.4, -0.2) is 49.8 Å². The summed E-state index contributed by atoms with van der Waals surface area (Å²) in [7, 11) is 0. The minimum atomic E-state index is -4.31. The average molecular weight is 450 g/mol. The third kappa shape index (κ3) is 7.12. The van der Waals surface area contributed by atoms with Gasteiger partial charge < -0.3 is 20.3 Å². The number of hydrogen-bond acceptors (Lipinski definition) is 4. The Labute approximate surface area is 186 Å². The topological polar surface area (TPSA) is 61.8 Å². The van der Waals surface area contributed by atoms with E-state index in [2.05, 4.69) is 32.4 Å². The van der Waals surface area contributed by atoms with Gasteiger partial charge in [-0.1, -0.05) is 12.1 Å². The van der Waals surface area contributed by atoms with Crippen molar-refractivity contribution in [2.45, 2.75) is 39.1 Å². The normalized spacial score (nSPS) is 17.3. The highest BCUT2D eigenvalue weighted by molar-refractivity contribution is 5.79. The number of alkyl halides is 3. The van der Waals surface area contributed by atoms with Crippen LogP contribution in [0.25, 0.3) is 0 Å². The minimum absolute atomic E-state index is 0.182. The molecule has 1 aromatic carbocycles. The molecule has 6 nitrogen and oxygen atoms in total. The molecule has 9 heteroatoms. The summed E-state index contributed by atoms with van der Waals surface area (Å²) < 4.78 is 43.7. The number of aromatic nitrogens is 1. The molecule has 1 aliphatic heterocycles.